The fourth-order valence-electron chi connectivity index (χ4n) is 1.21. The van der Waals surface area contributed by atoms with Crippen molar-refractivity contribution < 1.29 is 0 Å². The average Bonchev–Trinajstić information content (AvgIpc) is 2.14. The SMILES string of the molecule is CN(C)CCCSc1ccc(Cl)cc1N. The van der Waals surface area contributed by atoms with E-state index >= 15 is 0 Å². The van der Waals surface area contributed by atoms with Crippen molar-refractivity contribution in [3.8, 4) is 0 Å². The van der Waals surface area contributed by atoms with Crippen molar-refractivity contribution in [2.24, 2.45) is 0 Å². The van der Waals surface area contributed by atoms with Crippen LogP contribution in [0.5, 0.6) is 0 Å². The Labute approximate surface area is 101 Å². The number of nitrogens with zero attached hydrogens (tertiary/aromatic N) is 1. The molecule has 0 atom stereocenters. The first-order chi connectivity index (χ1) is 7.09. The summed E-state index contributed by atoms with van der Waals surface area (Å²) in [6.07, 6.45) is 1.17. The highest BCUT2D eigenvalue weighted by Gasteiger charge is 2.00. The first-order valence-corrected chi connectivity index (χ1v) is 6.28. The van der Waals surface area contributed by atoms with Gasteiger partial charge in [-0.15, -0.1) is 11.8 Å². The van der Waals surface area contributed by atoms with Crippen LogP contribution >= 0.6 is 23.4 Å². The summed E-state index contributed by atoms with van der Waals surface area (Å²) in [6.45, 7) is 1.11. The number of nitrogen functional groups attached to an aromatic ring is 1. The van der Waals surface area contributed by atoms with Crippen LogP contribution in [-0.2, 0) is 0 Å². The Morgan fingerprint density at radius 1 is 1.40 bits per heavy atom. The minimum atomic E-state index is 0.699. The Balaban J connectivity index is 2.37. The zero-order valence-electron chi connectivity index (χ0n) is 9.16. The molecule has 0 fully saturated rings. The lowest BCUT2D eigenvalue weighted by atomic mass is 10.3. The van der Waals surface area contributed by atoms with Crippen LogP contribution in [0.25, 0.3) is 0 Å². The fraction of sp³-hybridized carbons (Fsp3) is 0.455. The molecule has 0 aromatic heterocycles. The molecule has 0 saturated carbocycles. The van der Waals surface area contributed by atoms with Crippen molar-refractivity contribution in [3.05, 3.63) is 23.2 Å². The molecule has 0 aliphatic carbocycles. The van der Waals surface area contributed by atoms with Crippen molar-refractivity contribution in [3.63, 3.8) is 0 Å². The molecule has 0 spiro atoms. The standard InChI is InChI=1S/C11H17ClN2S/c1-14(2)6-3-7-15-11-5-4-9(12)8-10(11)13/h4-5,8H,3,6-7,13H2,1-2H3. The van der Waals surface area contributed by atoms with Crippen LogP contribution in [0.3, 0.4) is 0 Å². The number of hydrogen-bond acceptors (Lipinski definition) is 3. The summed E-state index contributed by atoms with van der Waals surface area (Å²) in [6, 6.07) is 5.67. The Bertz CT molecular complexity index is 315. The van der Waals surface area contributed by atoms with E-state index in [0.717, 1.165) is 22.9 Å². The van der Waals surface area contributed by atoms with E-state index in [2.05, 4.69) is 19.0 Å². The maximum atomic E-state index is 5.85. The van der Waals surface area contributed by atoms with Gasteiger partial charge in [0.25, 0.3) is 0 Å². The normalized spacial score (nSPS) is 10.9. The van der Waals surface area contributed by atoms with Crippen LogP contribution in [0, 0.1) is 0 Å². The molecule has 1 rings (SSSR count). The summed E-state index contributed by atoms with van der Waals surface area (Å²) in [5.41, 5.74) is 6.62. The molecule has 84 valence electrons. The van der Waals surface area contributed by atoms with Crippen LogP contribution in [0.15, 0.2) is 23.1 Å². The van der Waals surface area contributed by atoms with E-state index in [0.29, 0.717) is 5.02 Å². The summed E-state index contributed by atoms with van der Waals surface area (Å²) in [5.74, 6) is 1.09. The van der Waals surface area contributed by atoms with Gasteiger partial charge in [0, 0.05) is 15.6 Å². The van der Waals surface area contributed by atoms with Crippen molar-refractivity contribution in [2.75, 3.05) is 32.1 Å². The molecule has 1 aromatic carbocycles. The molecule has 2 N–H and O–H groups in total. The van der Waals surface area contributed by atoms with Gasteiger partial charge in [-0.3, -0.25) is 0 Å². The van der Waals surface area contributed by atoms with E-state index in [1.54, 1.807) is 17.8 Å². The van der Waals surface area contributed by atoms with Crippen LogP contribution in [-0.4, -0.2) is 31.3 Å². The van der Waals surface area contributed by atoms with Crippen LogP contribution in [0.1, 0.15) is 6.42 Å². The first-order valence-electron chi connectivity index (χ1n) is 4.92. The zero-order valence-corrected chi connectivity index (χ0v) is 10.7. The Morgan fingerprint density at radius 2 is 2.13 bits per heavy atom. The molecule has 0 unspecified atom stereocenters. The molecule has 2 nitrogen and oxygen atoms in total. The summed E-state index contributed by atoms with van der Waals surface area (Å²) in [4.78, 5) is 3.31. The number of benzene rings is 1. The van der Waals surface area contributed by atoms with Crippen LogP contribution < -0.4 is 5.73 Å². The van der Waals surface area contributed by atoms with E-state index < -0.39 is 0 Å². The molecule has 0 amide bonds. The fourth-order valence-corrected chi connectivity index (χ4v) is 2.28. The van der Waals surface area contributed by atoms with Gasteiger partial charge >= 0.3 is 0 Å². The van der Waals surface area contributed by atoms with Gasteiger partial charge in [0.05, 0.1) is 0 Å². The topological polar surface area (TPSA) is 29.3 Å². The van der Waals surface area contributed by atoms with Crippen molar-refractivity contribution in [2.45, 2.75) is 11.3 Å². The molecule has 0 heterocycles. The highest BCUT2D eigenvalue weighted by molar-refractivity contribution is 7.99. The van der Waals surface area contributed by atoms with E-state index in [1.165, 1.54) is 6.42 Å². The Hall–Kier alpha value is -0.380. The molecular formula is C11H17ClN2S. The third-order valence-electron chi connectivity index (χ3n) is 1.98. The van der Waals surface area contributed by atoms with Crippen LogP contribution in [0.2, 0.25) is 5.02 Å². The first kappa shape index (κ1) is 12.7. The van der Waals surface area contributed by atoms with E-state index in [4.69, 9.17) is 17.3 Å². The maximum Gasteiger partial charge on any atom is 0.0467 e. The quantitative estimate of drug-likeness (QED) is 0.491. The van der Waals surface area contributed by atoms with Gasteiger partial charge in [0.15, 0.2) is 0 Å². The van der Waals surface area contributed by atoms with Crippen molar-refractivity contribution in [1.82, 2.24) is 4.90 Å². The lowest BCUT2D eigenvalue weighted by Gasteiger charge is -2.09. The number of rotatable bonds is 5. The number of anilines is 1. The Morgan fingerprint density at radius 3 is 2.73 bits per heavy atom. The highest BCUT2D eigenvalue weighted by Crippen LogP contribution is 2.27. The number of halogens is 1. The molecule has 0 aliphatic heterocycles. The van der Waals surface area contributed by atoms with Crippen LogP contribution in [0.4, 0.5) is 5.69 Å². The minimum Gasteiger partial charge on any atom is -0.398 e. The minimum absolute atomic E-state index is 0.699. The van der Waals surface area contributed by atoms with Gasteiger partial charge in [0.2, 0.25) is 0 Å². The molecule has 0 radical (unpaired) electrons. The van der Waals surface area contributed by atoms with E-state index in [1.807, 2.05) is 12.1 Å². The van der Waals surface area contributed by atoms with Gasteiger partial charge < -0.3 is 10.6 Å². The summed E-state index contributed by atoms with van der Waals surface area (Å²) in [7, 11) is 4.17. The molecule has 0 bridgehead atoms. The number of hydrogen-bond donors (Lipinski definition) is 1. The zero-order chi connectivity index (χ0) is 11.3. The van der Waals surface area contributed by atoms with Crippen molar-refractivity contribution >= 4 is 29.1 Å². The van der Waals surface area contributed by atoms with Gasteiger partial charge in [-0.1, -0.05) is 11.6 Å². The monoisotopic (exact) mass is 244 g/mol. The smallest absolute Gasteiger partial charge is 0.0467 e. The summed E-state index contributed by atoms with van der Waals surface area (Å²) < 4.78 is 0. The van der Waals surface area contributed by atoms with Gasteiger partial charge in [-0.25, -0.2) is 0 Å². The van der Waals surface area contributed by atoms with E-state index in [9.17, 15) is 0 Å². The second kappa shape index (κ2) is 6.26. The largest absolute Gasteiger partial charge is 0.398 e. The average molecular weight is 245 g/mol. The lowest BCUT2D eigenvalue weighted by molar-refractivity contribution is 0.410. The predicted octanol–water partition coefficient (Wildman–Crippen LogP) is 2.97. The van der Waals surface area contributed by atoms with Gasteiger partial charge in [-0.05, 0) is 51.0 Å². The van der Waals surface area contributed by atoms with Crippen molar-refractivity contribution in [1.29, 1.82) is 0 Å². The predicted molar refractivity (Wildman–Crippen MR) is 69.8 cm³/mol. The van der Waals surface area contributed by atoms with Gasteiger partial charge in [0.1, 0.15) is 0 Å². The molecule has 4 heteroatoms. The molecule has 1 aromatic rings. The summed E-state index contributed by atoms with van der Waals surface area (Å²) in [5, 5.41) is 0.699. The molecular weight excluding hydrogens is 228 g/mol. The second-order valence-corrected chi connectivity index (χ2v) is 5.26. The Kier molecular flexibility index (Phi) is 5.29. The summed E-state index contributed by atoms with van der Waals surface area (Å²) >= 11 is 7.61. The molecule has 15 heavy (non-hydrogen) atoms. The van der Waals surface area contributed by atoms with E-state index in [-0.39, 0.29) is 0 Å². The number of thioether (sulfide) groups is 1. The molecule has 0 aliphatic rings. The number of nitrogens with two attached hydrogens (primary N) is 1. The van der Waals surface area contributed by atoms with Gasteiger partial charge in [-0.2, -0.15) is 0 Å². The highest BCUT2D eigenvalue weighted by atomic mass is 35.5. The lowest BCUT2D eigenvalue weighted by Crippen LogP contribution is -2.13. The molecule has 0 saturated heterocycles. The maximum absolute atomic E-state index is 5.85. The third-order valence-corrected chi connectivity index (χ3v) is 3.39. The third kappa shape index (κ3) is 4.78. The second-order valence-electron chi connectivity index (χ2n) is 3.69.